The van der Waals surface area contributed by atoms with Crippen molar-refractivity contribution in [1.82, 2.24) is 14.9 Å². The molecule has 5 rings (SSSR count). The van der Waals surface area contributed by atoms with Crippen molar-refractivity contribution in [1.29, 1.82) is 5.26 Å². The summed E-state index contributed by atoms with van der Waals surface area (Å²) >= 11 is 0. The topological polar surface area (TPSA) is 67.6 Å². The monoisotopic (exact) mass is 294 g/mol. The molecule has 1 fully saturated rings. The summed E-state index contributed by atoms with van der Waals surface area (Å²) < 4.78 is 7.37. The van der Waals surface area contributed by atoms with Gasteiger partial charge in [-0.05, 0) is 31.1 Å². The van der Waals surface area contributed by atoms with E-state index in [1.165, 1.54) is 5.56 Å². The second-order valence-corrected chi connectivity index (χ2v) is 7.69. The number of aromatic nitrogens is 3. The first-order valence-corrected chi connectivity index (χ1v) is 7.87. The summed E-state index contributed by atoms with van der Waals surface area (Å²) in [4.78, 5) is 0. The Balaban J connectivity index is 1.80. The Hall–Kier alpha value is -2.09. The fourth-order valence-electron chi connectivity index (χ4n) is 5.73. The first kappa shape index (κ1) is 12.5. The first-order chi connectivity index (χ1) is 10.5. The van der Waals surface area contributed by atoms with Crippen LogP contribution in [0.2, 0.25) is 0 Å². The van der Waals surface area contributed by atoms with E-state index in [0.29, 0.717) is 0 Å². The normalized spacial score (nSPS) is 37.5. The van der Waals surface area contributed by atoms with Gasteiger partial charge in [0.2, 0.25) is 0 Å². The first-order valence-electron chi connectivity index (χ1n) is 7.87. The molecular weight excluding hydrogens is 276 g/mol. The van der Waals surface area contributed by atoms with Gasteiger partial charge in [0.1, 0.15) is 17.5 Å². The van der Waals surface area contributed by atoms with E-state index in [0.717, 1.165) is 48.4 Å². The maximum atomic E-state index is 9.46. The van der Waals surface area contributed by atoms with Crippen LogP contribution in [0.4, 0.5) is 0 Å². The quantitative estimate of drug-likeness (QED) is 0.748. The number of rotatable bonds is 0. The molecule has 0 aromatic carbocycles. The predicted octanol–water partition coefficient (Wildman–Crippen LogP) is 2.39. The van der Waals surface area contributed by atoms with Crippen molar-refractivity contribution < 1.29 is 4.52 Å². The van der Waals surface area contributed by atoms with Crippen LogP contribution in [0.3, 0.4) is 0 Å². The molecule has 112 valence electrons. The summed E-state index contributed by atoms with van der Waals surface area (Å²) in [6.45, 7) is 4.65. The average molecular weight is 294 g/mol. The Labute approximate surface area is 128 Å². The van der Waals surface area contributed by atoms with Crippen molar-refractivity contribution in [2.75, 3.05) is 0 Å². The van der Waals surface area contributed by atoms with Crippen LogP contribution in [0.5, 0.6) is 0 Å². The smallest absolute Gasteiger partial charge is 0.146 e. The van der Waals surface area contributed by atoms with Gasteiger partial charge in [0, 0.05) is 29.0 Å². The lowest BCUT2D eigenvalue weighted by atomic mass is 9.56. The van der Waals surface area contributed by atoms with Gasteiger partial charge in [-0.2, -0.15) is 10.4 Å². The van der Waals surface area contributed by atoms with Crippen LogP contribution in [-0.4, -0.2) is 14.9 Å². The van der Waals surface area contributed by atoms with Crippen LogP contribution in [0.25, 0.3) is 0 Å². The Morgan fingerprint density at radius 2 is 2.18 bits per heavy atom. The molecule has 2 aromatic rings. The highest BCUT2D eigenvalue weighted by Crippen LogP contribution is 2.79. The van der Waals surface area contributed by atoms with Gasteiger partial charge in [-0.15, -0.1) is 0 Å². The Morgan fingerprint density at radius 1 is 1.36 bits per heavy atom. The molecule has 1 saturated carbocycles. The zero-order valence-electron chi connectivity index (χ0n) is 13.1. The standard InChI is InChI=1S/C17H18N4O/c1-15-6-10-8-19-22-14(10)16(2)9-17(15,16)5-4-11-12(7-18)21(3)20-13(11)15/h8H,4-6,9H2,1-3H3/t15-,16?,17+/m1/s1. The minimum Gasteiger partial charge on any atom is -0.361 e. The molecule has 1 spiro atoms. The van der Waals surface area contributed by atoms with Crippen molar-refractivity contribution in [3.63, 3.8) is 0 Å². The Kier molecular flexibility index (Phi) is 1.86. The summed E-state index contributed by atoms with van der Waals surface area (Å²) in [5.41, 5.74) is 4.50. The number of hydrogen-bond donors (Lipinski definition) is 0. The Morgan fingerprint density at radius 3 is 2.95 bits per heavy atom. The van der Waals surface area contributed by atoms with Gasteiger partial charge in [0.15, 0.2) is 0 Å². The van der Waals surface area contributed by atoms with Crippen molar-refractivity contribution >= 4 is 0 Å². The molecule has 0 aliphatic heterocycles. The van der Waals surface area contributed by atoms with Crippen LogP contribution < -0.4 is 0 Å². The number of hydrogen-bond acceptors (Lipinski definition) is 4. The van der Waals surface area contributed by atoms with Crippen LogP contribution in [0, 0.1) is 16.7 Å². The summed E-state index contributed by atoms with van der Waals surface area (Å²) in [5.74, 6) is 1.09. The highest BCUT2D eigenvalue weighted by atomic mass is 16.5. The van der Waals surface area contributed by atoms with Gasteiger partial charge >= 0.3 is 0 Å². The molecular formula is C17H18N4O. The molecule has 22 heavy (non-hydrogen) atoms. The van der Waals surface area contributed by atoms with Crippen LogP contribution in [0.15, 0.2) is 10.7 Å². The zero-order chi connectivity index (χ0) is 15.3. The fourth-order valence-corrected chi connectivity index (χ4v) is 5.73. The zero-order valence-corrected chi connectivity index (χ0v) is 13.1. The van der Waals surface area contributed by atoms with Crippen molar-refractivity contribution in [3.05, 3.63) is 34.5 Å². The molecule has 0 radical (unpaired) electrons. The van der Waals surface area contributed by atoms with Crippen LogP contribution in [-0.2, 0) is 30.7 Å². The third-order valence-electron chi connectivity index (χ3n) is 6.91. The molecule has 1 unspecified atom stereocenters. The molecule has 0 bridgehead atoms. The highest BCUT2D eigenvalue weighted by molar-refractivity contribution is 5.53. The van der Waals surface area contributed by atoms with E-state index in [-0.39, 0.29) is 16.2 Å². The summed E-state index contributed by atoms with van der Waals surface area (Å²) in [7, 11) is 1.88. The lowest BCUT2D eigenvalue weighted by Gasteiger charge is -2.46. The van der Waals surface area contributed by atoms with E-state index < -0.39 is 0 Å². The third-order valence-corrected chi connectivity index (χ3v) is 6.91. The third kappa shape index (κ3) is 1.02. The molecule has 5 nitrogen and oxygen atoms in total. The minimum absolute atomic E-state index is 0.0270. The molecule has 0 saturated heterocycles. The lowest BCUT2D eigenvalue weighted by Crippen LogP contribution is -2.47. The second-order valence-electron chi connectivity index (χ2n) is 7.69. The van der Waals surface area contributed by atoms with Gasteiger partial charge in [-0.3, -0.25) is 4.68 Å². The maximum absolute atomic E-state index is 9.46. The molecule has 5 heteroatoms. The summed E-state index contributed by atoms with van der Waals surface area (Å²) in [5, 5.41) is 18.3. The second kappa shape index (κ2) is 3.29. The van der Waals surface area contributed by atoms with Crippen molar-refractivity contribution in [2.45, 2.75) is 50.4 Å². The van der Waals surface area contributed by atoms with E-state index in [9.17, 15) is 5.26 Å². The number of nitriles is 1. The molecule has 3 aliphatic carbocycles. The predicted molar refractivity (Wildman–Crippen MR) is 78.2 cm³/mol. The molecule has 3 atom stereocenters. The van der Waals surface area contributed by atoms with Gasteiger partial charge in [-0.1, -0.05) is 19.0 Å². The minimum atomic E-state index is -0.0270. The van der Waals surface area contributed by atoms with Gasteiger partial charge in [0.25, 0.3) is 0 Å². The van der Waals surface area contributed by atoms with Gasteiger partial charge in [-0.25, -0.2) is 0 Å². The van der Waals surface area contributed by atoms with E-state index in [2.05, 4.69) is 25.1 Å². The number of nitrogens with zero attached hydrogens (tertiary/aromatic N) is 4. The molecule has 3 aliphatic rings. The van der Waals surface area contributed by atoms with Crippen LogP contribution in [0.1, 0.15) is 55.0 Å². The lowest BCUT2D eigenvalue weighted by molar-refractivity contribution is 0.159. The van der Waals surface area contributed by atoms with Crippen molar-refractivity contribution in [2.24, 2.45) is 12.5 Å². The van der Waals surface area contributed by atoms with E-state index >= 15 is 0 Å². The SMILES string of the molecule is Cn1nc2c(c1C#N)CC[C@@]13CC1(C)c1oncc1C[C@]23C. The molecule has 2 heterocycles. The fraction of sp³-hybridized carbons (Fsp3) is 0.588. The van der Waals surface area contributed by atoms with E-state index in [1.54, 1.807) is 4.68 Å². The number of fused-ring (bicyclic) bond motifs is 4. The van der Waals surface area contributed by atoms with Gasteiger partial charge < -0.3 is 4.52 Å². The number of aryl methyl sites for hydroxylation is 1. The molecule has 2 aromatic heterocycles. The maximum Gasteiger partial charge on any atom is 0.146 e. The molecule has 0 amide bonds. The van der Waals surface area contributed by atoms with Crippen molar-refractivity contribution in [3.8, 4) is 6.07 Å². The highest BCUT2D eigenvalue weighted by Gasteiger charge is 2.78. The largest absolute Gasteiger partial charge is 0.361 e. The summed E-state index contributed by atoms with van der Waals surface area (Å²) in [6, 6.07) is 2.34. The molecule has 0 N–H and O–H groups in total. The Bertz CT molecular complexity index is 872. The van der Waals surface area contributed by atoms with E-state index in [1.807, 2.05) is 13.2 Å². The average Bonchev–Trinajstić information content (AvgIpc) is 2.81. The summed E-state index contributed by atoms with van der Waals surface area (Å²) in [6.07, 6.45) is 5.97. The van der Waals surface area contributed by atoms with E-state index in [4.69, 9.17) is 9.62 Å². The van der Waals surface area contributed by atoms with Crippen LogP contribution >= 0.6 is 0 Å². The van der Waals surface area contributed by atoms with Gasteiger partial charge in [0.05, 0.1) is 11.9 Å².